The molecule has 1 aromatic rings. The van der Waals surface area contributed by atoms with Crippen molar-refractivity contribution in [2.45, 2.75) is 25.3 Å². The molecule has 0 aliphatic carbocycles. The van der Waals surface area contributed by atoms with Gasteiger partial charge in [0.25, 0.3) is 5.69 Å². The fourth-order valence-corrected chi connectivity index (χ4v) is 1.95. The summed E-state index contributed by atoms with van der Waals surface area (Å²) in [7, 11) is 0. The Kier molecular flexibility index (Phi) is 5.46. The smallest absolute Gasteiger partial charge is 0.274 e. The van der Waals surface area contributed by atoms with Gasteiger partial charge >= 0.3 is 0 Å². The van der Waals surface area contributed by atoms with Crippen LogP contribution < -0.4 is 16.2 Å². The van der Waals surface area contributed by atoms with Crippen LogP contribution in [0.15, 0.2) is 22.7 Å². The van der Waals surface area contributed by atoms with Crippen LogP contribution in [0.3, 0.4) is 0 Å². The van der Waals surface area contributed by atoms with E-state index in [1.165, 1.54) is 12.1 Å². The van der Waals surface area contributed by atoms with Gasteiger partial charge in [0.2, 0.25) is 5.91 Å². The first-order valence-corrected chi connectivity index (χ1v) is 6.68. The van der Waals surface area contributed by atoms with Crippen LogP contribution in [0, 0.1) is 10.1 Å². The summed E-state index contributed by atoms with van der Waals surface area (Å²) in [6.45, 7) is 1.84. The number of rotatable bonds is 7. The number of halogens is 1. The van der Waals surface area contributed by atoms with Crippen molar-refractivity contribution in [2.75, 3.05) is 6.61 Å². The quantitative estimate of drug-likeness (QED) is 0.442. The number of ether oxygens (including phenoxy) is 1. The van der Waals surface area contributed by atoms with E-state index in [0.29, 0.717) is 23.1 Å². The van der Waals surface area contributed by atoms with E-state index in [0.717, 1.165) is 0 Å². The molecule has 0 saturated carbocycles. The summed E-state index contributed by atoms with van der Waals surface area (Å²) in [5, 5.41) is 10.7. The number of benzene rings is 1. The Labute approximate surface area is 124 Å². The standard InChI is InChI=1S/C12H16BrN3O4/c1-12(15,11(14)17)3-2-4-20-10-6-8(13)5-9(7-10)16(18)19/h5-7H,2-4,15H2,1H3,(H2,14,17). The van der Waals surface area contributed by atoms with Crippen LogP contribution in [-0.4, -0.2) is 23.0 Å². The maximum atomic E-state index is 11.0. The fourth-order valence-electron chi connectivity index (χ4n) is 1.49. The highest BCUT2D eigenvalue weighted by Gasteiger charge is 2.24. The van der Waals surface area contributed by atoms with Gasteiger partial charge in [-0.1, -0.05) is 15.9 Å². The highest BCUT2D eigenvalue weighted by molar-refractivity contribution is 9.10. The third kappa shape index (κ3) is 4.78. The molecule has 0 saturated heterocycles. The van der Waals surface area contributed by atoms with E-state index in [-0.39, 0.29) is 12.3 Å². The molecule has 20 heavy (non-hydrogen) atoms. The lowest BCUT2D eigenvalue weighted by atomic mass is 9.97. The summed E-state index contributed by atoms with van der Waals surface area (Å²) >= 11 is 3.18. The lowest BCUT2D eigenvalue weighted by Gasteiger charge is -2.20. The maximum Gasteiger partial charge on any atom is 0.274 e. The number of nitrogens with zero attached hydrogens (tertiary/aromatic N) is 1. The van der Waals surface area contributed by atoms with Crippen LogP contribution in [-0.2, 0) is 4.79 Å². The average molecular weight is 346 g/mol. The Bertz CT molecular complexity index is 519. The molecule has 0 aromatic heterocycles. The van der Waals surface area contributed by atoms with Crippen molar-refractivity contribution in [2.24, 2.45) is 11.5 Å². The Morgan fingerprint density at radius 2 is 2.15 bits per heavy atom. The Morgan fingerprint density at radius 3 is 2.70 bits per heavy atom. The van der Waals surface area contributed by atoms with Gasteiger partial charge in [0.1, 0.15) is 5.75 Å². The van der Waals surface area contributed by atoms with Crippen LogP contribution in [0.1, 0.15) is 19.8 Å². The molecule has 0 radical (unpaired) electrons. The number of nitrogens with two attached hydrogens (primary N) is 2. The van der Waals surface area contributed by atoms with E-state index in [4.69, 9.17) is 16.2 Å². The highest BCUT2D eigenvalue weighted by atomic mass is 79.9. The zero-order chi connectivity index (χ0) is 15.3. The lowest BCUT2D eigenvalue weighted by molar-refractivity contribution is -0.385. The van der Waals surface area contributed by atoms with Gasteiger partial charge in [0.15, 0.2) is 0 Å². The molecule has 0 aliphatic rings. The second-order valence-corrected chi connectivity index (χ2v) is 5.55. The lowest BCUT2D eigenvalue weighted by Crippen LogP contribution is -2.49. The van der Waals surface area contributed by atoms with Crippen molar-refractivity contribution >= 4 is 27.5 Å². The maximum absolute atomic E-state index is 11.0. The summed E-state index contributed by atoms with van der Waals surface area (Å²) in [4.78, 5) is 21.2. The minimum atomic E-state index is -1.08. The second kappa shape index (κ2) is 6.67. The molecule has 1 unspecified atom stereocenters. The monoisotopic (exact) mass is 345 g/mol. The van der Waals surface area contributed by atoms with Gasteiger partial charge in [0.05, 0.1) is 23.1 Å². The number of nitro benzene ring substituents is 1. The summed E-state index contributed by atoms with van der Waals surface area (Å²) < 4.78 is 5.97. The molecule has 0 spiro atoms. The Morgan fingerprint density at radius 1 is 1.50 bits per heavy atom. The van der Waals surface area contributed by atoms with E-state index in [9.17, 15) is 14.9 Å². The number of nitro groups is 1. The predicted molar refractivity (Wildman–Crippen MR) is 77.3 cm³/mol. The zero-order valence-corrected chi connectivity index (χ0v) is 12.6. The van der Waals surface area contributed by atoms with Crippen molar-refractivity contribution in [1.29, 1.82) is 0 Å². The molecule has 1 aromatic carbocycles. The summed E-state index contributed by atoms with van der Waals surface area (Å²) in [6.07, 6.45) is 0.884. The Balaban J connectivity index is 2.55. The normalized spacial score (nSPS) is 13.6. The summed E-state index contributed by atoms with van der Waals surface area (Å²) in [5.74, 6) is -0.195. The minimum Gasteiger partial charge on any atom is -0.493 e. The van der Waals surface area contributed by atoms with Crippen LogP contribution >= 0.6 is 15.9 Å². The zero-order valence-electron chi connectivity index (χ0n) is 11.0. The van der Waals surface area contributed by atoms with Gasteiger partial charge in [-0.15, -0.1) is 0 Å². The molecule has 8 heteroatoms. The van der Waals surface area contributed by atoms with Crippen LogP contribution in [0.4, 0.5) is 5.69 Å². The average Bonchev–Trinajstić information content (AvgIpc) is 2.33. The van der Waals surface area contributed by atoms with E-state index < -0.39 is 16.4 Å². The summed E-state index contributed by atoms with van der Waals surface area (Å²) in [6, 6.07) is 4.35. The first-order chi connectivity index (χ1) is 9.22. The van der Waals surface area contributed by atoms with Gasteiger partial charge in [-0.2, -0.15) is 0 Å². The van der Waals surface area contributed by atoms with E-state index in [1.807, 2.05) is 0 Å². The molecule has 0 fully saturated rings. The second-order valence-electron chi connectivity index (χ2n) is 4.64. The number of carbonyl (C=O) groups is 1. The number of carbonyl (C=O) groups excluding carboxylic acids is 1. The van der Waals surface area contributed by atoms with Crippen molar-refractivity contribution in [3.63, 3.8) is 0 Å². The van der Waals surface area contributed by atoms with Gasteiger partial charge in [-0.05, 0) is 25.8 Å². The van der Waals surface area contributed by atoms with Gasteiger partial charge in [0, 0.05) is 10.5 Å². The van der Waals surface area contributed by atoms with Crippen molar-refractivity contribution in [1.82, 2.24) is 0 Å². The van der Waals surface area contributed by atoms with Crippen molar-refractivity contribution in [3.05, 3.63) is 32.8 Å². The van der Waals surface area contributed by atoms with Crippen LogP contribution in [0.25, 0.3) is 0 Å². The number of non-ortho nitro benzene ring substituents is 1. The topological polar surface area (TPSA) is 121 Å². The fraction of sp³-hybridized carbons (Fsp3) is 0.417. The molecular weight excluding hydrogens is 330 g/mol. The van der Waals surface area contributed by atoms with Crippen molar-refractivity contribution < 1.29 is 14.5 Å². The molecule has 0 heterocycles. The van der Waals surface area contributed by atoms with Gasteiger partial charge in [-0.3, -0.25) is 14.9 Å². The highest BCUT2D eigenvalue weighted by Crippen LogP contribution is 2.26. The number of amides is 1. The van der Waals surface area contributed by atoms with Crippen LogP contribution in [0.5, 0.6) is 5.75 Å². The van der Waals surface area contributed by atoms with Gasteiger partial charge < -0.3 is 16.2 Å². The van der Waals surface area contributed by atoms with Crippen molar-refractivity contribution in [3.8, 4) is 5.75 Å². The first kappa shape index (κ1) is 16.4. The molecular formula is C12H16BrN3O4. The predicted octanol–water partition coefficient (Wildman–Crippen LogP) is 1.72. The molecule has 1 amide bonds. The minimum absolute atomic E-state index is 0.0600. The number of hydrogen-bond donors (Lipinski definition) is 2. The third-order valence-electron chi connectivity index (χ3n) is 2.74. The third-order valence-corrected chi connectivity index (χ3v) is 3.20. The molecule has 7 nitrogen and oxygen atoms in total. The largest absolute Gasteiger partial charge is 0.493 e. The molecule has 4 N–H and O–H groups in total. The Hall–Kier alpha value is -1.67. The van der Waals surface area contributed by atoms with Crippen LogP contribution in [0.2, 0.25) is 0 Å². The van der Waals surface area contributed by atoms with Gasteiger partial charge in [-0.25, -0.2) is 0 Å². The molecule has 0 aliphatic heterocycles. The molecule has 110 valence electrons. The molecule has 1 atom stereocenters. The molecule has 0 bridgehead atoms. The van der Waals surface area contributed by atoms with E-state index in [1.54, 1.807) is 13.0 Å². The number of hydrogen-bond acceptors (Lipinski definition) is 5. The summed E-state index contributed by atoms with van der Waals surface area (Å²) in [5.41, 5.74) is 9.71. The first-order valence-electron chi connectivity index (χ1n) is 5.89. The van der Waals surface area contributed by atoms with E-state index >= 15 is 0 Å². The molecule has 1 rings (SSSR count). The SMILES string of the molecule is CC(N)(CCCOc1cc(Br)cc([N+](=O)[O-])c1)C(N)=O. The number of primary amides is 1. The van der Waals surface area contributed by atoms with E-state index in [2.05, 4.69) is 15.9 Å².